The van der Waals surface area contributed by atoms with Crippen molar-refractivity contribution in [2.45, 2.75) is 26.2 Å². The number of hydrogen-bond acceptors (Lipinski definition) is 1. The SMILES string of the molecule is C#C[Si](C)(C)O[Si](C)(C)C#C. The Bertz CT molecular complexity index is 193. The van der Waals surface area contributed by atoms with Crippen LogP contribution in [0.3, 0.4) is 0 Å². The molecular weight excluding hydrogens is 168 g/mol. The Kier molecular flexibility index (Phi) is 3.13. The summed E-state index contributed by atoms with van der Waals surface area (Å²) in [6.07, 6.45) is 10.6. The van der Waals surface area contributed by atoms with Gasteiger partial charge in [-0.25, -0.2) is 0 Å². The normalized spacial score (nSPS) is 11.8. The monoisotopic (exact) mass is 182 g/mol. The smallest absolute Gasteiger partial charge is 0.256 e. The Morgan fingerprint density at radius 2 is 1.18 bits per heavy atom. The van der Waals surface area contributed by atoms with Gasteiger partial charge in [-0.2, -0.15) is 0 Å². The van der Waals surface area contributed by atoms with Crippen LogP contribution < -0.4 is 0 Å². The number of terminal acetylenes is 2. The van der Waals surface area contributed by atoms with E-state index in [1.165, 1.54) is 0 Å². The van der Waals surface area contributed by atoms with E-state index in [2.05, 4.69) is 11.1 Å². The minimum Gasteiger partial charge on any atom is -0.438 e. The van der Waals surface area contributed by atoms with Crippen LogP contribution in [0.2, 0.25) is 26.2 Å². The van der Waals surface area contributed by atoms with Gasteiger partial charge >= 0.3 is 0 Å². The molecule has 0 saturated carbocycles. The Morgan fingerprint density at radius 1 is 0.909 bits per heavy atom. The summed E-state index contributed by atoms with van der Waals surface area (Å²) < 4.78 is 5.73. The van der Waals surface area contributed by atoms with Gasteiger partial charge < -0.3 is 4.12 Å². The fourth-order valence-electron chi connectivity index (χ4n) is 0.697. The van der Waals surface area contributed by atoms with Gasteiger partial charge in [0.05, 0.1) is 0 Å². The molecule has 0 unspecified atom stereocenters. The van der Waals surface area contributed by atoms with Gasteiger partial charge in [-0.05, 0) is 26.2 Å². The highest BCUT2D eigenvalue weighted by Crippen LogP contribution is 2.11. The third kappa shape index (κ3) is 4.05. The first-order valence-corrected chi connectivity index (χ1v) is 9.30. The molecule has 60 valence electrons. The molecule has 0 aromatic rings. The molecule has 0 heterocycles. The van der Waals surface area contributed by atoms with Crippen LogP contribution >= 0.6 is 0 Å². The van der Waals surface area contributed by atoms with Crippen molar-refractivity contribution in [3.05, 3.63) is 0 Å². The van der Waals surface area contributed by atoms with E-state index in [4.69, 9.17) is 17.0 Å². The summed E-state index contributed by atoms with van der Waals surface area (Å²) in [5.74, 6) is 0. The first kappa shape index (κ1) is 10.5. The summed E-state index contributed by atoms with van der Waals surface area (Å²) in [7, 11) is -3.77. The average molecular weight is 182 g/mol. The third-order valence-corrected chi connectivity index (χ3v) is 6.68. The third-order valence-electron chi connectivity index (χ3n) is 1.21. The molecule has 0 saturated heterocycles. The fraction of sp³-hybridized carbons (Fsp3) is 0.500. The molecule has 3 heteroatoms. The van der Waals surface area contributed by atoms with Crippen LogP contribution in [0.5, 0.6) is 0 Å². The van der Waals surface area contributed by atoms with Crippen molar-refractivity contribution >= 4 is 16.6 Å². The molecule has 0 atom stereocenters. The van der Waals surface area contributed by atoms with Crippen molar-refractivity contribution in [2.24, 2.45) is 0 Å². The summed E-state index contributed by atoms with van der Waals surface area (Å²) in [5, 5.41) is 0. The van der Waals surface area contributed by atoms with Crippen LogP contribution in [0.25, 0.3) is 0 Å². The van der Waals surface area contributed by atoms with Gasteiger partial charge in [0.2, 0.25) is 0 Å². The highest BCUT2D eigenvalue weighted by molar-refractivity contribution is 6.92. The topological polar surface area (TPSA) is 9.23 Å². The molecule has 0 aliphatic rings. The maximum absolute atomic E-state index is 5.73. The average Bonchev–Trinajstić information content (AvgIpc) is 1.86. The molecule has 0 rings (SSSR count). The second-order valence-corrected chi connectivity index (χ2v) is 10.8. The number of hydrogen-bond donors (Lipinski definition) is 0. The summed E-state index contributed by atoms with van der Waals surface area (Å²) in [6, 6.07) is 0. The van der Waals surface area contributed by atoms with Gasteiger partial charge in [-0.3, -0.25) is 0 Å². The summed E-state index contributed by atoms with van der Waals surface area (Å²) in [4.78, 5) is 0. The fourth-order valence-corrected chi connectivity index (χ4v) is 6.27. The van der Waals surface area contributed by atoms with Crippen LogP contribution in [0.4, 0.5) is 0 Å². The molecule has 0 aromatic carbocycles. The van der Waals surface area contributed by atoms with Crippen LogP contribution in [-0.4, -0.2) is 16.6 Å². The predicted octanol–water partition coefficient (Wildman–Crippen LogP) is 1.76. The molecule has 0 N–H and O–H groups in total. The van der Waals surface area contributed by atoms with Crippen LogP contribution in [0.1, 0.15) is 0 Å². The maximum atomic E-state index is 5.73. The van der Waals surface area contributed by atoms with Crippen LogP contribution in [-0.2, 0) is 4.12 Å². The zero-order valence-electron chi connectivity index (χ0n) is 7.56. The zero-order valence-corrected chi connectivity index (χ0v) is 9.56. The van der Waals surface area contributed by atoms with E-state index in [0.717, 1.165) is 0 Å². The second-order valence-electron chi connectivity index (χ2n) is 3.41. The van der Waals surface area contributed by atoms with E-state index >= 15 is 0 Å². The quantitative estimate of drug-likeness (QED) is 0.467. The molecular formula is C8H14OSi2. The van der Waals surface area contributed by atoms with E-state index in [-0.39, 0.29) is 0 Å². The summed E-state index contributed by atoms with van der Waals surface area (Å²) >= 11 is 0. The van der Waals surface area contributed by atoms with Crippen LogP contribution in [0, 0.1) is 23.9 Å². The molecule has 0 spiro atoms. The molecule has 11 heavy (non-hydrogen) atoms. The van der Waals surface area contributed by atoms with E-state index < -0.39 is 16.6 Å². The van der Waals surface area contributed by atoms with Crippen molar-refractivity contribution in [3.8, 4) is 23.9 Å². The Labute approximate surface area is 71.4 Å². The molecule has 0 radical (unpaired) electrons. The molecule has 0 aliphatic heterocycles. The first-order chi connectivity index (χ1) is 4.83. The van der Waals surface area contributed by atoms with E-state index in [1.54, 1.807) is 0 Å². The standard InChI is InChI=1S/C8H14OSi2/c1-7-10(3,4)9-11(5,6)8-2/h1-2H,3-6H3. The minimum absolute atomic E-state index is 1.89. The first-order valence-electron chi connectivity index (χ1n) is 3.49. The van der Waals surface area contributed by atoms with Gasteiger partial charge in [0.1, 0.15) is 0 Å². The Balaban J connectivity index is 4.31. The molecule has 0 fully saturated rings. The van der Waals surface area contributed by atoms with Crippen molar-refractivity contribution in [3.63, 3.8) is 0 Å². The second kappa shape index (κ2) is 3.27. The highest BCUT2D eigenvalue weighted by Gasteiger charge is 2.30. The van der Waals surface area contributed by atoms with Crippen molar-refractivity contribution < 1.29 is 4.12 Å². The Hall–Kier alpha value is -0.486. The maximum Gasteiger partial charge on any atom is 0.256 e. The van der Waals surface area contributed by atoms with Gasteiger partial charge in [0.25, 0.3) is 16.6 Å². The van der Waals surface area contributed by atoms with Crippen molar-refractivity contribution in [1.29, 1.82) is 0 Å². The van der Waals surface area contributed by atoms with E-state index in [0.29, 0.717) is 0 Å². The zero-order chi connectivity index (χ0) is 9.12. The summed E-state index contributed by atoms with van der Waals surface area (Å²) in [5.41, 5.74) is 5.38. The van der Waals surface area contributed by atoms with Gasteiger partial charge in [-0.1, -0.05) is 0 Å². The lowest BCUT2D eigenvalue weighted by molar-refractivity contribution is 0.576. The van der Waals surface area contributed by atoms with Gasteiger partial charge in [0.15, 0.2) is 0 Å². The van der Waals surface area contributed by atoms with E-state index in [1.807, 2.05) is 26.2 Å². The minimum atomic E-state index is -1.89. The lowest BCUT2D eigenvalue weighted by Gasteiger charge is -2.25. The van der Waals surface area contributed by atoms with Gasteiger partial charge in [0, 0.05) is 0 Å². The molecule has 1 nitrogen and oxygen atoms in total. The Morgan fingerprint density at radius 3 is 1.36 bits per heavy atom. The lowest BCUT2D eigenvalue weighted by Crippen LogP contribution is -2.42. The predicted molar refractivity (Wildman–Crippen MR) is 53.7 cm³/mol. The molecule has 0 aromatic heterocycles. The van der Waals surface area contributed by atoms with Crippen molar-refractivity contribution in [1.82, 2.24) is 0 Å². The van der Waals surface area contributed by atoms with Crippen LogP contribution in [0.15, 0.2) is 0 Å². The molecule has 0 amide bonds. The summed E-state index contributed by atoms with van der Waals surface area (Å²) in [6.45, 7) is 7.94. The lowest BCUT2D eigenvalue weighted by atomic mass is 11.4. The van der Waals surface area contributed by atoms with E-state index in [9.17, 15) is 0 Å². The highest BCUT2D eigenvalue weighted by atomic mass is 28.4. The number of rotatable bonds is 2. The van der Waals surface area contributed by atoms with Crippen molar-refractivity contribution in [2.75, 3.05) is 0 Å². The van der Waals surface area contributed by atoms with Gasteiger partial charge in [-0.15, -0.1) is 23.9 Å². The molecule has 0 aliphatic carbocycles. The largest absolute Gasteiger partial charge is 0.438 e. The molecule has 0 bridgehead atoms.